The van der Waals surface area contributed by atoms with E-state index >= 15 is 0 Å². The van der Waals surface area contributed by atoms with Crippen LogP contribution in [0.1, 0.15) is 18.3 Å². The number of aromatic hydroxyl groups is 1. The van der Waals surface area contributed by atoms with Crippen molar-refractivity contribution in [2.45, 2.75) is 19.8 Å². The second-order valence-electron chi connectivity index (χ2n) is 2.66. The summed E-state index contributed by atoms with van der Waals surface area (Å²) in [6.45, 7) is 5.34. The Morgan fingerprint density at radius 3 is 2.85 bits per heavy atom. The number of hydrogen-bond donors (Lipinski definition) is 2. The van der Waals surface area contributed by atoms with E-state index in [1.54, 1.807) is 6.08 Å². The molecular weight excluding hydrogens is 168 g/mol. The summed E-state index contributed by atoms with van der Waals surface area (Å²) >= 11 is 0. The van der Waals surface area contributed by atoms with Gasteiger partial charge < -0.3 is 10.1 Å². The monoisotopic (exact) mass is 180 g/mol. The fraction of sp³-hybridized carbons (Fsp3) is 0.333. The quantitative estimate of drug-likeness (QED) is 0.675. The maximum atomic E-state index is 11.3. The van der Waals surface area contributed by atoms with Crippen LogP contribution in [0.4, 0.5) is 0 Å². The van der Waals surface area contributed by atoms with Crippen LogP contribution in [-0.2, 0) is 12.8 Å². The van der Waals surface area contributed by atoms with E-state index in [2.05, 4.69) is 16.5 Å². The number of aryl methyl sites for hydroxylation is 1. The maximum absolute atomic E-state index is 11.3. The third-order valence-corrected chi connectivity index (χ3v) is 1.73. The lowest BCUT2D eigenvalue weighted by Crippen LogP contribution is -2.16. The standard InChI is InChI=1S/C9H12N2O2/c1-3-5-6-8(12)10-7(4-2)11-9(6)13/h3H,1,4-5H2,2H3,(H2,10,11,12,13). The van der Waals surface area contributed by atoms with Gasteiger partial charge >= 0.3 is 0 Å². The molecule has 0 saturated heterocycles. The number of H-pyrrole nitrogens is 1. The summed E-state index contributed by atoms with van der Waals surface area (Å²) in [4.78, 5) is 17.7. The Bertz CT molecular complexity index is 368. The van der Waals surface area contributed by atoms with Crippen molar-refractivity contribution in [2.75, 3.05) is 0 Å². The van der Waals surface area contributed by atoms with Crippen LogP contribution in [0, 0.1) is 0 Å². The number of aromatic amines is 1. The van der Waals surface area contributed by atoms with Crippen molar-refractivity contribution in [3.05, 3.63) is 34.4 Å². The summed E-state index contributed by atoms with van der Waals surface area (Å²) in [6, 6.07) is 0. The molecule has 0 atom stereocenters. The first-order valence-electron chi connectivity index (χ1n) is 4.11. The predicted molar refractivity (Wildman–Crippen MR) is 49.8 cm³/mol. The molecule has 0 spiro atoms. The first-order valence-corrected chi connectivity index (χ1v) is 4.11. The van der Waals surface area contributed by atoms with Crippen LogP contribution < -0.4 is 5.56 Å². The second kappa shape index (κ2) is 3.89. The molecule has 1 rings (SSSR count). The highest BCUT2D eigenvalue weighted by Gasteiger charge is 2.07. The molecule has 1 aromatic heterocycles. The molecule has 4 heteroatoms. The summed E-state index contributed by atoms with van der Waals surface area (Å²) in [5, 5.41) is 9.36. The van der Waals surface area contributed by atoms with Crippen LogP contribution in [0.5, 0.6) is 5.88 Å². The summed E-state index contributed by atoms with van der Waals surface area (Å²) in [6.07, 6.45) is 2.48. The van der Waals surface area contributed by atoms with Gasteiger partial charge in [0, 0.05) is 12.8 Å². The van der Waals surface area contributed by atoms with Gasteiger partial charge in [-0.2, -0.15) is 0 Å². The summed E-state index contributed by atoms with van der Waals surface area (Å²) in [5.41, 5.74) is -0.0172. The third-order valence-electron chi connectivity index (χ3n) is 1.73. The van der Waals surface area contributed by atoms with Crippen molar-refractivity contribution in [1.29, 1.82) is 0 Å². The average molecular weight is 180 g/mol. The summed E-state index contributed by atoms with van der Waals surface area (Å²) in [5.74, 6) is 0.302. The Labute approximate surface area is 76.0 Å². The SMILES string of the molecule is C=CCc1c(O)nc(CC)[nH]c1=O. The van der Waals surface area contributed by atoms with Crippen LogP contribution in [0.15, 0.2) is 17.4 Å². The highest BCUT2D eigenvalue weighted by molar-refractivity contribution is 5.24. The zero-order valence-electron chi connectivity index (χ0n) is 7.50. The fourth-order valence-corrected chi connectivity index (χ4v) is 1.03. The first-order chi connectivity index (χ1) is 6.19. The van der Waals surface area contributed by atoms with E-state index in [0.717, 1.165) is 0 Å². The van der Waals surface area contributed by atoms with Crippen molar-refractivity contribution < 1.29 is 5.11 Å². The van der Waals surface area contributed by atoms with Gasteiger partial charge in [-0.1, -0.05) is 13.0 Å². The van der Waals surface area contributed by atoms with Gasteiger partial charge in [0.25, 0.3) is 5.56 Å². The molecule has 0 aromatic carbocycles. The van der Waals surface area contributed by atoms with Gasteiger partial charge in [-0.3, -0.25) is 4.79 Å². The van der Waals surface area contributed by atoms with Crippen LogP contribution in [0.2, 0.25) is 0 Å². The molecular formula is C9H12N2O2. The van der Waals surface area contributed by atoms with Crippen LogP contribution in [0.3, 0.4) is 0 Å². The molecule has 70 valence electrons. The summed E-state index contributed by atoms with van der Waals surface area (Å²) in [7, 11) is 0. The maximum Gasteiger partial charge on any atom is 0.258 e. The van der Waals surface area contributed by atoms with Crippen molar-refractivity contribution >= 4 is 0 Å². The van der Waals surface area contributed by atoms with Crippen LogP contribution in [-0.4, -0.2) is 15.1 Å². The highest BCUT2D eigenvalue weighted by Crippen LogP contribution is 2.09. The van der Waals surface area contributed by atoms with Gasteiger partial charge in [0.2, 0.25) is 5.88 Å². The van der Waals surface area contributed by atoms with Gasteiger partial charge in [0.1, 0.15) is 5.82 Å². The molecule has 0 amide bonds. The minimum absolute atomic E-state index is 0.194. The summed E-state index contributed by atoms with van der Waals surface area (Å²) < 4.78 is 0. The molecule has 0 saturated carbocycles. The Morgan fingerprint density at radius 1 is 1.69 bits per heavy atom. The molecule has 1 heterocycles. The Kier molecular flexibility index (Phi) is 2.84. The molecule has 0 aliphatic rings. The van der Waals surface area contributed by atoms with Crippen LogP contribution in [0.25, 0.3) is 0 Å². The smallest absolute Gasteiger partial charge is 0.258 e. The number of allylic oxidation sites excluding steroid dienone is 1. The zero-order valence-corrected chi connectivity index (χ0v) is 7.50. The van der Waals surface area contributed by atoms with E-state index in [4.69, 9.17) is 0 Å². The topological polar surface area (TPSA) is 66.0 Å². The zero-order chi connectivity index (χ0) is 9.84. The number of aromatic nitrogens is 2. The number of hydrogen-bond acceptors (Lipinski definition) is 3. The third kappa shape index (κ3) is 1.96. The molecule has 4 nitrogen and oxygen atoms in total. The molecule has 1 aromatic rings. The van der Waals surface area contributed by atoms with E-state index in [1.807, 2.05) is 6.92 Å². The molecule has 0 fully saturated rings. The van der Waals surface area contributed by atoms with Crippen molar-refractivity contribution in [3.63, 3.8) is 0 Å². The van der Waals surface area contributed by atoms with Crippen molar-refractivity contribution in [3.8, 4) is 5.88 Å². The minimum Gasteiger partial charge on any atom is -0.493 e. The number of nitrogens with one attached hydrogen (secondary N) is 1. The van der Waals surface area contributed by atoms with Gasteiger partial charge in [0.15, 0.2) is 0 Å². The van der Waals surface area contributed by atoms with Crippen LogP contribution >= 0.6 is 0 Å². The number of rotatable bonds is 3. The molecule has 0 aliphatic heterocycles. The Hall–Kier alpha value is -1.58. The second-order valence-corrected chi connectivity index (χ2v) is 2.66. The lowest BCUT2D eigenvalue weighted by molar-refractivity contribution is 0.441. The van der Waals surface area contributed by atoms with Crippen molar-refractivity contribution in [2.24, 2.45) is 0 Å². The Morgan fingerprint density at radius 2 is 2.38 bits per heavy atom. The lowest BCUT2D eigenvalue weighted by Gasteiger charge is -2.01. The molecule has 0 aliphatic carbocycles. The minimum atomic E-state index is -0.288. The van der Waals surface area contributed by atoms with E-state index in [1.165, 1.54) is 0 Å². The van der Waals surface area contributed by atoms with Gasteiger partial charge in [0.05, 0.1) is 5.56 Å². The Balaban J connectivity index is 3.23. The molecule has 0 radical (unpaired) electrons. The van der Waals surface area contributed by atoms with E-state index in [9.17, 15) is 9.90 Å². The fourth-order valence-electron chi connectivity index (χ4n) is 1.03. The first kappa shape index (κ1) is 9.51. The molecule has 13 heavy (non-hydrogen) atoms. The molecule has 2 N–H and O–H groups in total. The van der Waals surface area contributed by atoms with E-state index < -0.39 is 0 Å². The van der Waals surface area contributed by atoms with Crippen molar-refractivity contribution in [1.82, 2.24) is 9.97 Å². The average Bonchev–Trinajstić information content (AvgIpc) is 2.11. The molecule has 0 bridgehead atoms. The van der Waals surface area contributed by atoms with E-state index in [-0.39, 0.29) is 17.0 Å². The lowest BCUT2D eigenvalue weighted by atomic mass is 10.2. The highest BCUT2D eigenvalue weighted by atomic mass is 16.3. The number of nitrogens with zero attached hydrogens (tertiary/aromatic N) is 1. The molecule has 0 unspecified atom stereocenters. The van der Waals surface area contributed by atoms with Gasteiger partial charge in [-0.15, -0.1) is 6.58 Å². The van der Waals surface area contributed by atoms with Gasteiger partial charge in [-0.05, 0) is 0 Å². The normalized spacial score (nSPS) is 9.92. The predicted octanol–water partition coefficient (Wildman–Crippen LogP) is 0.766. The largest absolute Gasteiger partial charge is 0.493 e. The van der Waals surface area contributed by atoms with E-state index in [0.29, 0.717) is 18.7 Å². The van der Waals surface area contributed by atoms with Gasteiger partial charge in [-0.25, -0.2) is 4.98 Å².